The number of allylic oxidation sites excluding steroid dienone is 2. The molecule has 232 valence electrons. The molecule has 6 aromatic carbocycles. The highest BCUT2D eigenvalue weighted by molar-refractivity contribution is 6.09. The van der Waals surface area contributed by atoms with Crippen molar-refractivity contribution in [3.63, 3.8) is 0 Å². The monoisotopic (exact) mass is 637 g/mol. The van der Waals surface area contributed by atoms with Crippen LogP contribution in [0.2, 0.25) is 0 Å². The molecule has 1 aliphatic carbocycles. The molecular formula is C45H27N5. The lowest BCUT2D eigenvalue weighted by Crippen LogP contribution is -2.29. The van der Waals surface area contributed by atoms with Gasteiger partial charge in [-0.25, -0.2) is 0 Å². The number of para-hydroxylation sites is 4. The number of anilines is 2. The topological polar surface area (TPSA) is 79.5 Å². The molecule has 0 amide bonds. The number of hydrogen-bond donors (Lipinski definition) is 0. The third kappa shape index (κ3) is 4.45. The van der Waals surface area contributed by atoms with E-state index in [1.807, 2.05) is 66.7 Å². The molecule has 0 saturated heterocycles. The largest absolute Gasteiger partial charge is 0.333 e. The van der Waals surface area contributed by atoms with Crippen LogP contribution >= 0.6 is 0 Å². The van der Waals surface area contributed by atoms with Crippen LogP contribution in [0.5, 0.6) is 0 Å². The number of nitriles is 3. The normalized spacial score (nSPS) is 15.9. The van der Waals surface area contributed by atoms with E-state index >= 15 is 0 Å². The Labute approximate surface area is 289 Å². The fourth-order valence-electron chi connectivity index (χ4n) is 7.82. The van der Waals surface area contributed by atoms with Crippen molar-refractivity contribution in [3.8, 4) is 46.1 Å². The Morgan fingerprint density at radius 2 is 1.22 bits per heavy atom. The highest BCUT2D eigenvalue weighted by Gasteiger charge is 2.39. The van der Waals surface area contributed by atoms with Crippen LogP contribution in [-0.2, 0) is 0 Å². The van der Waals surface area contributed by atoms with Gasteiger partial charge in [-0.05, 0) is 82.9 Å². The number of rotatable bonds is 4. The predicted octanol–water partition coefficient (Wildman–Crippen LogP) is 10.5. The van der Waals surface area contributed by atoms with Crippen molar-refractivity contribution in [1.82, 2.24) is 4.57 Å². The molecule has 0 bridgehead atoms. The summed E-state index contributed by atoms with van der Waals surface area (Å²) in [6.45, 7) is 0. The van der Waals surface area contributed by atoms with Gasteiger partial charge < -0.3 is 9.47 Å². The maximum absolute atomic E-state index is 10.3. The van der Waals surface area contributed by atoms with E-state index in [1.165, 1.54) is 5.56 Å². The lowest BCUT2D eigenvalue weighted by atomic mass is 9.88. The SMILES string of the molecule is N#CC1=CC2c3ccccc3N(c3ccccc3-c3cc(C#N)cc(-c4ccc(C#N)c(-n5c6ccccc6c6ccccc65)c4)c3)C2C=C1. The van der Waals surface area contributed by atoms with Crippen LogP contribution in [0.25, 0.3) is 49.7 Å². The summed E-state index contributed by atoms with van der Waals surface area (Å²) >= 11 is 0. The van der Waals surface area contributed by atoms with E-state index in [2.05, 4.69) is 113 Å². The Morgan fingerprint density at radius 1 is 0.540 bits per heavy atom. The van der Waals surface area contributed by atoms with Gasteiger partial charge in [0.15, 0.2) is 0 Å². The van der Waals surface area contributed by atoms with E-state index in [-0.39, 0.29) is 12.0 Å². The summed E-state index contributed by atoms with van der Waals surface area (Å²) in [6, 6.07) is 52.3. The average Bonchev–Trinajstić information content (AvgIpc) is 3.70. The van der Waals surface area contributed by atoms with Gasteiger partial charge in [-0.1, -0.05) is 91.0 Å². The smallest absolute Gasteiger partial charge is 0.101 e. The quantitative estimate of drug-likeness (QED) is 0.192. The first kappa shape index (κ1) is 29.0. The minimum absolute atomic E-state index is 0.0107. The number of fused-ring (bicyclic) bond motifs is 6. The van der Waals surface area contributed by atoms with Crippen LogP contribution in [0.4, 0.5) is 11.4 Å². The molecule has 0 spiro atoms. The zero-order valence-corrected chi connectivity index (χ0v) is 26.8. The molecule has 0 radical (unpaired) electrons. The summed E-state index contributed by atoms with van der Waals surface area (Å²) < 4.78 is 2.17. The third-order valence-corrected chi connectivity index (χ3v) is 9.99. The minimum atomic E-state index is 0.0107. The van der Waals surface area contributed by atoms with Gasteiger partial charge in [0.1, 0.15) is 6.07 Å². The molecule has 50 heavy (non-hydrogen) atoms. The van der Waals surface area contributed by atoms with Crippen LogP contribution in [0.15, 0.2) is 157 Å². The summed E-state index contributed by atoms with van der Waals surface area (Å²) in [5.74, 6) is 0.0535. The molecule has 1 aromatic heterocycles. The number of hydrogen-bond acceptors (Lipinski definition) is 4. The zero-order valence-electron chi connectivity index (χ0n) is 26.8. The lowest BCUT2D eigenvalue weighted by molar-refractivity contribution is 0.742. The first-order chi connectivity index (χ1) is 24.7. The number of benzene rings is 6. The fourth-order valence-corrected chi connectivity index (χ4v) is 7.82. The van der Waals surface area contributed by atoms with Gasteiger partial charge in [0.05, 0.1) is 46.0 Å². The number of nitrogens with zero attached hydrogens (tertiary/aromatic N) is 5. The summed E-state index contributed by atoms with van der Waals surface area (Å²) in [5, 5.41) is 32.5. The second-order valence-corrected chi connectivity index (χ2v) is 12.7. The Bertz CT molecular complexity index is 2670. The Balaban J connectivity index is 1.21. The van der Waals surface area contributed by atoms with E-state index in [1.54, 1.807) is 0 Å². The first-order valence-electron chi connectivity index (χ1n) is 16.5. The van der Waals surface area contributed by atoms with E-state index in [0.717, 1.165) is 61.1 Å². The molecule has 1 aliphatic heterocycles. The highest BCUT2D eigenvalue weighted by atomic mass is 15.2. The molecule has 2 aliphatic rings. The molecule has 2 unspecified atom stereocenters. The van der Waals surface area contributed by atoms with Crippen molar-refractivity contribution in [2.45, 2.75) is 12.0 Å². The van der Waals surface area contributed by atoms with Crippen molar-refractivity contribution >= 4 is 33.2 Å². The van der Waals surface area contributed by atoms with Gasteiger partial charge in [0, 0.05) is 39.2 Å². The maximum atomic E-state index is 10.3. The summed E-state index contributed by atoms with van der Waals surface area (Å²) in [7, 11) is 0. The molecule has 2 heterocycles. The minimum Gasteiger partial charge on any atom is -0.333 e. The number of aromatic nitrogens is 1. The fraction of sp³-hybridized carbons (Fsp3) is 0.0444. The van der Waals surface area contributed by atoms with Crippen molar-refractivity contribution in [2.75, 3.05) is 4.90 Å². The lowest BCUT2D eigenvalue weighted by Gasteiger charge is -2.31. The summed E-state index contributed by atoms with van der Waals surface area (Å²) in [6.07, 6.45) is 6.11. The Kier molecular flexibility index (Phi) is 6.70. The molecule has 0 N–H and O–H groups in total. The first-order valence-corrected chi connectivity index (χ1v) is 16.5. The molecule has 5 nitrogen and oxygen atoms in total. The van der Waals surface area contributed by atoms with Gasteiger partial charge in [-0.15, -0.1) is 0 Å². The zero-order chi connectivity index (χ0) is 33.8. The van der Waals surface area contributed by atoms with Crippen molar-refractivity contribution in [3.05, 3.63) is 174 Å². The molecular weight excluding hydrogens is 611 g/mol. The molecule has 7 aromatic rings. The summed E-state index contributed by atoms with van der Waals surface area (Å²) in [4.78, 5) is 2.36. The molecule has 2 atom stereocenters. The summed E-state index contributed by atoms with van der Waals surface area (Å²) in [5.41, 5.74) is 11.7. The highest BCUT2D eigenvalue weighted by Crippen LogP contribution is 2.50. The maximum Gasteiger partial charge on any atom is 0.101 e. The van der Waals surface area contributed by atoms with Crippen molar-refractivity contribution in [1.29, 1.82) is 15.8 Å². The van der Waals surface area contributed by atoms with Gasteiger partial charge in [-0.2, -0.15) is 15.8 Å². The van der Waals surface area contributed by atoms with Crippen LogP contribution in [0.3, 0.4) is 0 Å². The van der Waals surface area contributed by atoms with E-state index in [9.17, 15) is 15.8 Å². The van der Waals surface area contributed by atoms with Crippen molar-refractivity contribution in [2.24, 2.45) is 0 Å². The van der Waals surface area contributed by atoms with E-state index in [4.69, 9.17) is 0 Å². The van der Waals surface area contributed by atoms with E-state index < -0.39 is 0 Å². The molecule has 9 rings (SSSR count). The second kappa shape index (κ2) is 11.5. The molecule has 0 saturated carbocycles. The van der Waals surface area contributed by atoms with Crippen LogP contribution in [0.1, 0.15) is 22.6 Å². The van der Waals surface area contributed by atoms with Crippen LogP contribution < -0.4 is 4.90 Å². The van der Waals surface area contributed by atoms with Crippen LogP contribution in [-0.4, -0.2) is 10.6 Å². The van der Waals surface area contributed by atoms with Gasteiger partial charge >= 0.3 is 0 Å². The van der Waals surface area contributed by atoms with Crippen LogP contribution in [0, 0.1) is 34.0 Å². The van der Waals surface area contributed by atoms with E-state index in [0.29, 0.717) is 16.7 Å². The second-order valence-electron chi connectivity index (χ2n) is 12.7. The van der Waals surface area contributed by atoms with Crippen molar-refractivity contribution < 1.29 is 0 Å². The third-order valence-electron chi connectivity index (χ3n) is 9.99. The molecule has 5 heteroatoms. The predicted molar refractivity (Wildman–Crippen MR) is 199 cm³/mol. The Morgan fingerprint density at radius 3 is 1.96 bits per heavy atom. The standard InChI is InChI=1S/C45H27N5/c46-26-29-17-20-44-39(23-29)38-12-4-8-16-43(38)49(44)40-13-5-1-9-35(40)34-22-30(27-47)21-33(24-34)31-18-19-32(28-48)45(25-31)50-41-14-6-2-10-36(41)37-11-3-7-15-42(37)50/h1-25,39,44H. The average molecular weight is 638 g/mol. The van der Waals surface area contributed by atoms with Gasteiger partial charge in [-0.3, -0.25) is 0 Å². The Hall–Kier alpha value is -7.13. The van der Waals surface area contributed by atoms with Gasteiger partial charge in [0.25, 0.3) is 0 Å². The van der Waals surface area contributed by atoms with Gasteiger partial charge in [0.2, 0.25) is 0 Å². The molecule has 0 fully saturated rings.